The van der Waals surface area contributed by atoms with Crippen molar-refractivity contribution in [2.75, 3.05) is 25.5 Å². The number of halogens is 1. The second-order valence-electron chi connectivity index (χ2n) is 5.68. The van der Waals surface area contributed by atoms with Gasteiger partial charge in [0.05, 0.1) is 5.02 Å². The molecule has 0 bridgehead atoms. The smallest absolute Gasteiger partial charge is 0.270 e. The molecule has 1 heterocycles. The fraction of sp³-hybridized carbons (Fsp3) is 0.211. The monoisotopic (exact) mass is 374 g/mol. The zero-order valence-electron chi connectivity index (χ0n) is 14.3. The number of nitrogens with zero attached hydrogens (tertiary/aromatic N) is 2. The molecule has 2 rings (SSSR count). The van der Waals surface area contributed by atoms with Gasteiger partial charge in [-0.15, -0.1) is 6.58 Å². The van der Waals surface area contributed by atoms with Crippen LogP contribution in [0, 0.1) is 0 Å². The summed E-state index contributed by atoms with van der Waals surface area (Å²) in [4.78, 5) is 15.5. The maximum atomic E-state index is 13.1. The highest BCUT2D eigenvalue weighted by Crippen LogP contribution is 2.20. The van der Waals surface area contributed by atoms with Crippen molar-refractivity contribution in [1.29, 1.82) is 0 Å². The lowest BCUT2D eigenvalue weighted by Crippen LogP contribution is -2.51. The van der Waals surface area contributed by atoms with Gasteiger partial charge in [-0.25, -0.2) is 0 Å². The Hall–Kier alpha value is -2.24. The number of hydrogen-bond donors (Lipinski definition) is 1. The quantitative estimate of drug-likeness (QED) is 0.349. The van der Waals surface area contributed by atoms with Gasteiger partial charge in [0.15, 0.2) is 17.4 Å². The number of pyridine rings is 1. The number of Topliss-reactive ketones (excluding diaryl/α,β-unsaturated/α-hetero) is 1. The molecule has 0 aliphatic rings. The van der Waals surface area contributed by atoms with Crippen molar-refractivity contribution in [3.8, 4) is 0 Å². The van der Waals surface area contributed by atoms with Gasteiger partial charge in [0.1, 0.15) is 0 Å². The van der Waals surface area contributed by atoms with Crippen LogP contribution in [0.5, 0.6) is 0 Å². The van der Waals surface area contributed by atoms with Crippen molar-refractivity contribution in [3.63, 3.8) is 0 Å². The van der Waals surface area contributed by atoms with E-state index >= 15 is 0 Å². The molecule has 6 heteroatoms. The Morgan fingerprint density at radius 2 is 1.96 bits per heavy atom. The molecule has 0 spiro atoms. The van der Waals surface area contributed by atoms with Gasteiger partial charge in [-0.1, -0.05) is 42.0 Å². The third kappa shape index (κ3) is 4.65. The molecule has 2 aromatic rings. The van der Waals surface area contributed by atoms with Crippen LogP contribution in [0.2, 0.25) is 5.02 Å². The number of hydrogen-bond acceptors (Lipinski definition) is 3. The van der Waals surface area contributed by atoms with Crippen molar-refractivity contribution < 1.29 is 9.36 Å². The Morgan fingerprint density at radius 1 is 1.32 bits per heavy atom. The summed E-state index contributed by atoms with van der Waals surface area (Å²) in [6, 6.07) is 10.2. The van der Waals surface area contributed by atoms with E-state index < -0.39 is 6.04 Å². The molecule has 0 radical (unpaired) electrons. The van der Waals surface area contributed by atoms with Gasteiger partial charge < -0.3 is 10.2 Å². The van der Waals surface area contributed by atoms with Crippen LogP contribution in [0.3, 0.4) is 0 Å². The number of carbonyl (C=O) groups excluding carboxylic acids is 1. The van der Waals surface area contributed by atoms with Crippen LogP contribution >= 0.6 is 23.8 Å². The average Bonchev–Trinajstić information content (AvgIpc) is 2.60. The van der Waals surface area contributed by atoms with E-state index in [9.17, 15) is 4.79 Å². The van der Waals surface area contributed by atoms with Gasteiger partial charge >= 0.3 is 0 Å². The number of thiocarbonyl (C=S) groups is 1. The molecule has 0 amide bonds. The first-order valence-electron chi connectivity index (χ1n) is 7.81. The van der Waals surface area contributed by atoms with Crippen LogP contribution in [0.4, 0.5) is 5.69 Å². The summed E-state index contributed by atoms with van der Waals surface area (Å²) in [7, 11) is 3.92. The van der Waals surface area contributed by atoms with E-state index in [1.807, 2.05) is 43.5 Å². The van der Waals surface area contributed by atoms with Crippen LogP contribution < -0.4 is 14.8 Å². The molecule has 130 valence electrons. The minimum atomic E-state index is -0.675. The van der Waals surface area contributed by atoms with Crippen molar-refractivity contribution in [3.05, 3.63) is 72.0 Å². The summed E-state index contributed by atoms with van der Waals surface area (Å²) in [6.45, 7) is 4.16. The molecule has 0 aliphatic carbocycles. The van der Waals surface area contributed by atoms with Crippen LogP contribution in [-0.2, 0) is 0 Å². The van der Waals surface area contributed by atoms with E-state index in [0.29, 0.717) is 22.1 Å². The number of nitrogens with one attached hydrogen (secondary N) is 1. The highest BCUT2D eigenvalue weighted by atomic mass is 35.5. The molecule has 4 nitrogen and oxygen atoms in total. The molecule has 1 N–H and O–H groups in total. The van der Waals surface area contributed by atoms with Gasteiger partial charge in [0.25, 0.3) is 6.04 Å². The molecule has 0 unspecified atom stereocenters. The van der Waals surface area contributed by atoms with Gasteiger partial charge in [-0.05, 0) is 12.1 Å². The topological polar surface area (TPSA) is 36.2 Å². The standard InChI is InChI=1S/C19H20ClN3OS/c1-4-11-21-19(25)17(18(24)15-7-5-6-8-16(15)20)23-12-9-14(10-13-23)22(2)3/h4-10,12-13,17H,1,11H2,2-3H3/p+1/t17-/m1/s1. The number of benzene rings is 1. The van der Waals surface area contributed by atoms with Gasteiger partial charge in [0.2, 0.25) is 5.78 Å². The Bertz CT molecular complexity index is 774. The predicted octanol–water partition coefficient (Wildman–Crippen LogP) is 3.22. The molecular formula is C19H21ClN3OS+. The zero-order chi connectivity index (χ0) is 18.4. The van der Waals surface area contributed by atoms with Gasteiger partial charge in [0, 0.05) is 44.0 Å². The van der Waals surface area contributed by atoms with E-state index in [1.54, 1.807) is 34.9 Å². The summed E-state index contributed by atoms with van der Waals surface area (Å²) < 4.78 is 1.79. The van der Waals surface area contributed by atoms with Crippen molar-refractivity contribution in [1.82, 2.24) is 5.32 Å². The second kappa shape index (κ2) is 8.74. The normalized spacial score (nSPS) is 11.5. The van der Waals surface area contributed by atoms with E-state index in [0.717, 1.165) is 5.69 Å². The fourth-order valence-electron chi connectivity index (χ4n) is 2.37. The first-order valence-corrected chi connectivity index (χ1v) is 8.59. The number of rotatable bonds is 7. The lowest BCUT2D eigenvalue weighted by Gasteiger charge is -2.16. The Kier molecular flexibility index (Phi) is 6.67. The van der Waals surface area contributed by atoms with Crippen LogP contribution in [-0.4, -0.2) is 31.4 Å². The van der Waals surface area contributed by atoms with Crippen LogP contribution in [0.1, 0.15) is 16.4 Å². The zero-order valence-corrected chi connectivity index (χ0v) is 15.8. The number of carbonyl (C=O) groups is 1. The van der Waals surface area contributed by atoms with E-state index in [-0.39, 0.29) is 5.78 Å². The molecular weight excluding hydrogens is 354 g/mol. The molecule has 0 fully saturated rings. The van der Waals surface area contributed by atoms with Gasteiger partial charge in [-0.3, -0.25) is 4.79 Å². The summed E-state index contributed by atoms with van der Waals surface area (Å²) in [5.74, 6) is -0.158. The fourth-order valence-corrected chi connectivity index (χ4v) is 2.91. The van der Waals surface area contributed by atoms with Crippen LogP contribution in [0.25, 0.3) is 0 Å². The number of aromatic nitrogens is 1. The summed E-state index contributed by atoms with van der Waals surface area (Å²) >= 11 is 11.7. The van der Waals surface area contributed by atoms with Crippen molar-refractivity contribution in [2.45, 2.75) is 6.04 Å². The molecule has 25 heavy (non-hydrogen) atoms. The Labute approximate surface area is 158 Å². The average molecular weight is 375 g/mol. The lowest BCUT2D eigenvalue weighted by atomic mass is 10.0. The highest BCUT2D eigenvalue weighted by molar-refractivity contribution is 7.80. The van der Waals surface area contributed by atoms with E-state index in [1.165, 1.54) is 0 Å². The predicted molar refractivity (Wildman–Crippen MR) is 107 cm³/mol. The minimum absolute atomic E-state index is 0.158. The van der Waals surface area contributed by atoms with E-state index in [2.05, 4.69) is 11.9 Å². The summed E-state index contributed by atoms with van der Waals surface area (Å²) in [6.07, 6.45) is 5.39. The SMILES string of the molecule is C=CCNC(=S)[C@@H](C(=O)c1ccccc1Cl)[n+]1ccc(N(C)C)cc1. The molecule has 0 saturated heterocycles. The largest absolute Gasteiger partial charge is 0.377 e. The molecule has 0 saturated carbocycles. The highest BCUT2D eigenvalue weighted by Gasteiger charge is 2.34. The third-order valence-corrected chi connectivity index (χ3v) is 4.40. The Morgan fingerprint density at radius 3 is 2.52 bits per heavy atom. The maximum absolute atomic E-state index is 13.1. The molecule has 1 aromatic carbocycles. The Balaban J connectivity index is 2.42. The lowest BCUT2D eigenvalue weighted by molar-refractivity contribution is -0.692. The molecule has 1 atom stereocenters. The minimum Gasteiger partial charge on any atom is -0.377 e. The second-order valence-corrected chi connectivity index (χ2v) is 6.53. The number of ketones is 1. The third-order valence-electron chi connectivity index (χ3n) is 3.71. The first-order chi connectivity index (χ1) is 12.0. The van der Waals surface area contributed by atoms with Gasteiger partial charge in [-0.2, -0.15) is 4.57 Å². The summed E-state index contributed by atoms with van der Waals surface area (Å²) in [5, 5.41) is 3.47. The first kappa shape index (κ1) is 19.1. The maximum Gasteiger partial charge on any atom is 0.270 e. The number of anilines is 1. The molecule has 0 aliphatic heterocycles. The van der Waals surface area contributed by atoms with Crippen molar-refractivity contribution in [2.24, 2.45) is 0 Å². The summed E-state index contributed by atoms with van der Waals surface area (Å²) in [5.41, 5.74) is 1.48. The molecule has 1 aromatic heterocycles. The van der Waals surface area contributed by atoms with Crippen LogP contribution in [0.15, 0.2) is 61.4 Å². The van der Waals surface area contributed by atoms with E-state index in [4.69, 9.17) is 23.8 Å². The van der Waals surface area contributed by atoms with Crippen molar-refractivity contribution >= 4 is 40.3 Å².